The molecule has 1 unspecified atom stereocenters. The molecule has 5 nitrogen and oxygen atoms in total. The molecule has 0 aliphatic heterocycles. The number of H-pyrrole nitrogens is 1. The molecule has 1 aromatic heterocycles. The second-order valence-electron chi connectivity index (χ2n) is 4.05. The van der Waals surface area contributed by atoms with Gasteiger partial charge >= 0.3 is 0 Å². The number of aromatic nitrogens is 2. The van der Waals surface area contributed by atoms with Crippen molar-refractivity contribution in [3.8, 4) is 0 Å². The predicted octanol–water partition coefficient (Wildman–Crippen LogP) is 0.833. The van der Waals surface area contributed by atoms with Gasteiger partial charge in [0.15, 0.2) is 0 Å². The van der Waals surface area contributed by atoms with Crippen LogP contribution in [0.3, 0.4) is 0 Å². The van der Waals surface area contributed by atoms with Gasteiger partial charge in [-0.05, 0) is 13.0 Å². The van der Waals surface area contributed by atoms with Crippen LogP contribution in [0.25, 0.3) is 0 Å². The monoisotopic (exact) mass is 225 g/mol. The highest BCUT2D eigenvalue weighted by atomic mass is 16.5. The minimum atomic E-state index is -0.176. The Morgan fingerprint density at radius 1 is 1.56 bits per heavy atom. The van der Waals surface area contributed by atoms with Gasteiger partial charge in [0.1, 0.15) is 11.9 Å². The first-order valence-corrected chi connectivity index (χ1v) is 5.36. The first kappa shape index (κ1) is 12.9. The smallest absolute Gasteiger partial charge is 0.251 e. The van der Waals surface area contributed by atoms with Crippen molar-refractivity contribution in [3.63, 3.8) is 0 Å². The van der Waals surface area contributed by atoms with Crippen LogP contribution in [0.2, 0.25) is 0 Å². The second-order valence-corrected chi connectivity index (χ2v) is 4.05. The summed E-state index contributed by atoms with van der Waals surface area (Å²) < 4.78 is 5.33. The quantitative estimate of drug-likeness (QED) is 0.779. The molecule has 2 N–H and O–H groups in total. The molecule has 0 aromatic carbocycles. The fourth-order valence-electron chi connectivity index (χ4n) is 1.63. The maximum atomic E-state index is 11.5. The maximum absolute atomic E-state index is 11.5. The molecule has 0 fully saturated rings. The van der Waals surface area contributed by atoms with E-state index in [1.165, 1.54) is 6.07 Å². The van der Waals surface area contributed by atoms with E-state index >= 15 is 0 Å². The van der Waals surface area contributed by atoms with Crippen molar-refractivity contribution < 1.29 is 4.74 Å². The number of nitrogens with one attached hydrogen (secondary N) is 2. The second kappa shape index (κ2) is 5.77. The first-order chi connectivity index (χ1) is 7.58. The van der Waals surface area contributed by atoms with Gasteiger partial charge in [0.05, 0.1) is 5.69 Å². The van der Waals surface area contributed by atoms with E-state index in [-0.39, 0.29) is 17.6 Å². The van der Waals surface area contributed by atoms with Crippen LogP contribution in [0.5, 0.6) is 0 Å². The van der Waals surface area contributed by atoms with E-state index in [0.717, 1.165) is 5.69 Å². The summed E-state index contributed by atoms with van der Waals surface area (Å²) in [5.74, 6) is 0.855. The Labute approximate surface area is 95.3 Å². The summed E-state index contributed by atoms with van der Waals surface area (Å²) >= 11 is 0. The molecule has 16 heavy (non-hydrogen) atoms. The zero-order valence-electron chi connectivity index (χ0n) is 10.2. The summed E-state index contributed by atoms with van der Waals surface area (Å²) in [6.07, 6.45) is -0.176. The lowest BCUT2D eigenvalue weighted by Crippen LogP contribution is -2.21. The van der Waals surface area contributed by atoms with Crippen LogP contribution in [0.4, 0.5) is 0 Å². The van der Waals surface area contributed by atoms with Crippen molar-refractivity contribution >= 4 is 0 Å². The minimum Gasteiger partial charge on any atom is -0.373 e. The molecular weight excluding hydrogens is 206 g/mol. The summed E-state index contributed by atoms with van der Waals surface area (Å²) in [5, 5.41) is 2.97. The van der Waals surface area contributed by atoms with Crippen LogP contribution in [0.1, 0.15) is 31.5 Å². The van der Waals surface area contributed by atoms with Crippen molar-refractivity contribution in [2.75, 3.05) is 14.2 Å². The summed E-state index contributed by atoms with van der Waals surface area (Å²) in [7, 11) is 3.44. The Bertz CT molecular complexity index is 387. The van der Waals surface area contributed by atoms with Crippen LogP contribution in [0.15, 0.2) is 10.9 Å². The van der Waals surface area contributed by atoms with Gasteiger partial charge in [-0.25, -0.2) is 4.98 Å². The molecule has 90 valence electrons. The van der Waals surface area contributed by atoms with Crippen LogP contribution in [0, 0.1) is 5.92 Å². The third-order valence-electron chi connectivity index (χ3n) is 2.30. The minimum absolute atomic E-state index is 0.141. The third-order valence-corrected chi connectivity index (χ3v) is 2.30. The molecule has 0 bridgehead atoms. The van der Waals surface area contributed by atoms with E-state index in [1.807, 2.05) is 20.9 Å². The molecule has 1 rings (SSSR count). The molecule has 1 heterocycles. The molecule has 1 atom stereocenters. The average Bonchev–Trinajstić information content (AvgIpc) is 2.17. The Morgan fingerprint density at radius 2 is 2.25 bits per heavy atom. The van der Waals surface area contributed by atoms with Crippen LogP contribution < -0.4 is 10.9 Å². The lowest BCUT2D eigenvalue weighted by atomic mass is 10.1. The Hall–Kier alpha value is -1.20. The van der Waals surface area contributed by atoms with E-state index in [0.29, 0.717) is 12.4 Å². The fourth-order valence-corrected chi connectivity index (χ4v) is 1.63. The molecule has 1 aromatic rings. The maximum Gasteiger partial charge on any atom is 0.251 e. The van der Waals surface area contributed by atoms with E-state index in [9.17, 15) is 4.79 Å². The Morgan fingerprint density at radius 3 is 2.75 bits per heavy atom. The summed E-state index contributed by atoms with van der Waals surface area (Å²) in [6, 6.07) is 1.49. The van der Waals surface area contributed by atoms with Gasteiger partial charge in [0.2, 0.25) is 0 Å². The molecule has 0 amide bonds. The number of hydrogen-bond acceptors (Lipinski definition) is 4. The van der Waals surface area contributed by atoms with E-state index in [4.69, 9.17) is 4.74 Å². The highest BCUT2D eigenvalue weighted by Crippen LogP contribution is 2.20. The van der Waals surface area contributed by atoms with Gasteiger partial charge in [0.25, 0.3) is 5.56 Å². The number of ether oxygens (including phenoxy) is 1. The van der Waals surface area contributed by atoms with Gasteiger partial charge < -0.3 is 15.0 Å². The Balaban J connectivity index is 3.07. The first-order valence-electron chi connectivity index (χ1n) is 5.36. The summed E-state index contributed by atoms with van der Waals surface area (Å²) in [4.78, 5) is 18.5. The summed E-state index contributed by atoms with van der Waals surface area (Å²) in [6.45, 7) is 4.63. The highest BCUT2D eigenvalue weighted by Gasteiger charge is 2.18. The van der Waals surface area contributed by atoms with Crippen molar-refractivity contribution in [2.24, 2.45) is 5.92 Å². The van der Waals surface area contributed by atoms with Gasteiger partial charge in [-0.15, -0.1) is 0 Å². The standard InChI is InChI=1S/C11H19N3O2/c1-7(2)10(16-4)11-13-8(6-12-3)5-9(15)14-11/h5,7,10,12H,6H2,1-4H3,(H,13,14,15). The van der Waals surface area contributed by atoms with Gasteiger partial charge in [-0.1, -0.05) is 13.8 Å². The average molecular weight is 225 g/mol. The largest absolute Gasteiger partial charge is 0.373 e. The SMILES string of the molecule is CNCc1cc(=O)[nH]c(C(OC)C(C)C)n1. The van der Waals surface area contributed by atoms with Crippen molar-refractivity contribution in [1.82, 2.24) is 15.3 Å². The third kappa shape index (κ3) is 3.15. The number of aromatic amines is 1. The van der Waals surface area contributed by atoms with Crippen molar-refractivity contribution in [2.45, 2.75) is 26.5 Å². The lowest BCUT2D eigenvalue weighted by molar-refractivity contribution is 0.0570. The molecule has 0 aliphatic carbocycles. The number of methoxy groups -OCH3 is 1. The topological polar surface area (TPSA) is 67.0 Å². The van der Waals surface area contributed by atoms with Gasteiger partial charge in [0, 0.05) is 19.7 Å². The van der Waals surface area contributed by atoms with Crippen LogP contribution in [-0.4, -0.2) is 24.1 Å². The van der Waals surface area contributed by atoms with Gasteiger partial charge in [-0.2, -0.15) is 0 Å². The van der Waals surface area contributed by atoms with Crippen molar-refractivity contribution in [3.05, 3.63) is 27.9 Å². The van der Waals surface area contributed by atoms with E-state index in [1.54, 1.807) is 7.11 Å². The molecular formula is C11H19N3O2. The molecule has 5 heteroatoms. The zero-order valence-corrected chi connectivity index (χ0v) is 10.2. The molecule has 0 spiro atoms. The number of rotatable bonds is 5. The van der Waals surface area contributed by atoms with E-state index < -0.39 is 0 Å². The van der Waals surface area contributed by atoms with Gasteiger partial charge in [-0.3, -0.25) is 4.79 Å². The lowest BCUT2D eigenvalue weighted by Gasteiger charge is -2.18. The number of hydrogen-bond donors (Lipinski definition) is 2. The number of nitrogens with zero attached hydrogens (tertiary/aromatic N) is 1. The highest BCUT2D eigenvalue weighted by molar-refractivity contribution is 5.05. The molecule has 0 aliphatic rings. The summed E-state index contributed by atoms with van der Waals surface area (Å²) in [5.41, 5.74) is 0.585. The van der Waals surface area contributed by atoms with Crippen LogP contribution >= 0.6 is 0 Å². The van der Waals surface area contributed by atoms with E-state index in [2.05, 4.69) is 15.3 Å². The zero-order chi connectivity index (χ0) is 12.1. The van der Waals surface area contributed by atoms with Crippen molar-refractivity contribution in [1.29, 1.82) is 0 Å². The molecule has 0 saturated carbocycles. The van der Waals surface area contributed by atoms with Crippen LogP contribution in [-0.2, 0) is 11.3 Å². The molecule has 0 saturated heterocycles. The predicted molar refractivity (Wildman–Crippen MR) is 62.2 cm³/mol. The molecule has 0 radical (unpaired) electrons. The fraction of sp³-hybridized carbons (Fsp3) is 0.636. The Kier molecular flexibility index (Phi) is 4.64. The normalized spacial score (nSPS) is 13.1.